The number of nitrogens with zero attached hydrogens (tertiary/aromatic N) is 1. The first-order valence-corrected chi connectivity index (χ1v) is 8.08. The Labute approximate surface area is 137 Å². The molecule has 19 heavy (non-hydrogen) atoms. The molecular formula is C13H26IN3OS. The van der Waals surface area contributed by atoms with Crippen LogP contribution >= 0.6 is 35.7 Å². The third-order valence-corrected chi connectivity index (χ3v) is 5.31. The van der Waals surface area contributed by atoms with Crippen LogP contribution in [0, 0.1) is 5.92 Å². The first kappa shape index (κ1) is 17.4. The number of ether oxygens (including phenoxy) is 1. The maximum absolute atomic E-state index is 5.46. The van der Waals surface area contributed by atoms with Crippen LogP contribution in [0.2, 0.25) is 0 Å². The highest BCUT2D eigenvalue weighted by Crippen LogP contribution is 2.33. The predicted octanol–water partition coefficient (Wildman–Crippen LogP) is 2.09. The number of guanidine groups is 1. The summed E-state index contributed by atoms with van der Waals surface area (Å²) in [6, 6.07) is 0. The molecule has 4 nitrogen and oxygen atoms in total. The predicted molar refractivity (Wildman–Crippen MR) is 93.8 cm³/mol. The topological polar surface area (TPSA) is 45.7 Å². The van der Waals surface area contributed by atoms with Gasteiger partial charge in [-0.25, -0.2) is 0 Å². The van der Waals surface area contributed by atoms with E-state index in [4.69, 9.17) is 4.74 Å². The van der Waals surface area contributed by atoms with Gasteiger partial charge in [0.25, 0.3) is 0 Å². The Morgan fingerprint density at radius 3 is 2.53 bits per heavy atom. The lowest BCUT2D eigenvalue weighted by atomic mass is 9.99. The minimum atomic E-state index is 0. The summed E-state index contributed by atoms with van der Waals surface area (Å²) < 4.78 is 5.77. The Bertz CT molecular complexity index is 292. The van der Waals surface area contributed by atoms with Crippen LogP contribution in [-0.2, 0) is 4.74 Å². The van der Waals surface area contributed by atoms with E-state index in [1.54, 1.807) is 0 Å². The van der Waals surface area contributed by atoms with Crippen molar-refractivity contribution in [2.24, 2.45) is 10.9 Å². The van der Waals surface area contributed by atoms with Gasteiger partial charge in [-0.05, 0) is 37.9 Å². The van der Waals surface area contributed by atoms with Crippen LogP contribution in [0.5, 0.6) is 0 Å². The standard InChI is InChI=1S/C13H25N3OS.HI/c1-14-12(15-9-11-3-4-11)16-10-13(18-2)5-7-17-8-6-13;/h11H,3-10H2,1-2H3,(H2,14,15,16);1H. The lowest BCUT2D eigenvalue weighted by Crippen LogP contribution is -2.48. The molecule has 0 atom stereocenters. The van der Waals surface area contributed by atoms with Crippen molar-refractivity contribution < 1.29 is 4.74 Å². The monoisotopic (exact) mass is 399 g/mol. The van der Waals surface area contributed by atoms with E-state index in [1.165, 1.54) is 12.8 Å². The van der Waals surface area contributed by atoms with Gasteiger partial charge in [0.05, 0.1) is 0 Å². The fourth-order valence-corrected chi connectivity index (χ4v) is 3.02. The van der Waals surface area contributed by atoms with Crippen LogP contribution in [0.3, 0.4) is 0 Å². The highest BCUT2D eigenvalue weighted by Gasteiger charge is 2.31. The van der Waals surface area contributed by atoms with Crippen molar-refractivity contribution in [3.63, 3.8) is 0 Å². The molecule has 0 amide bonds. The highest BCUT2D eigenvalue weighted by molar-refractivity contribution is 14.0. The van der Waals surface area contributed by atoms with Crippen molar-refractivity contribution in [1.82, 2.24) is 10.6 Å². The SMILES string of the molecule is CN=C(NCC1CC1)NCC1(SC)CCOCC1.I. The number of halogens is 1. The van der Waals surface area contributed by atoms with Gasteiger partial charge in [0, 0.05) is 38.1 Å². The lowest BCUT2D eigenvalue weighted by Gasteiger charge is -2.36. The number of nitrogens with one attached hydrogen (secondary N) is 2. The highest BCUT2D eigenvalue weighted by atomic mass is 127. The molecule has 0 bridgehead atoms. The maximum atomic E-state index is 5.46. The van der Waals surface area contributed by atoms with Crippen molar-refractivity contribution in [3.05, 3.63) is 0 Å². The lowest BCUT2D eigenvalue weighted by molar-refractivity contribution is 0.0783. The van der Waals surface area contributed by atoms with Gasteiger partial charge in [-0.15, -0.1) is 24.0 Å². The molecule has 1 saturated heterocycles. The molecule has 0 aromatic carbocycles. The quantitative estimate of drug-likeness (QED) is 0.422. The van der Waals surface area contributed by atoms with Gasteiger partial charge in [-0.1, -0.05) is 0 Å². The minimum absolute atomic E-state index is 0. The van der Waals surface area contributed by atoms with Crippen LogP contribution in [0.1, 0.15) is 25.7 Å². The largest absolute Gasteiger partial charge is 0.381 e. The normalized spacial score (nSPS) is 22.5. The van der Waals surface area contributed by atoms with Crippen molar-refractivity contribution in [3.8, 4) is 0 Å². The Hall–Kier alpha value is 0.310. The molecule has 1 heterocycles. The zero-order chi connectivity index (χ0) is 12.8. The van der Waals surface area contributed by atoms with Crippen LogP contribution in [0.25, 0.3) is 0 Å². The van der Waals surface area contributed by atoms with E-state index < -0.39 is 0 Å². The summed E-state index contributed by atoms with van der Waals surface area (Å²) in [4.78, 5) is 4.29. The molecule has 0 radical (unpaired) electrons. The van der Waals surface area contributed by atoms with Crippen LogP contribution < -0.4 is 10.6 Å². The smallest absolute Gasteiger partial charge is 0.191 e. The van der Waals surface area contributed by atoms with E-state index in [1.807, 2.05) is 18.8 Å². The molecule has 2 rings (SSSR count). The fourth-order valence-electron chi connectivity index (χ4n) is 2.22. The van der Waals surface area contributed by atoms with E-state index in [2.05, 4.69) is 21.9 Å². The first-order chi connectivity index (χ1) is 8.78. The zero-order valence-corrected chi connectivity index (χ0v) is 15.1. The van der Waals surface area contributed by atoms with Gasteiger partial charge in [-0.3, -0.25) is 4.99 Å². The first-order valence-electron chi connectivity index (χ1n) is 6.85. The van der Waals surface area contributed by atoms with E-state index >= 15 is 0 Å². The fraction of sp³-hybridized carbons (Fsp3) is 0.923. The number of hydrogen-bond donors (Lipinski definition) is 2. The molecule has 1 aliphatic heterocycles. The van der Waals surface area contributed by atoms with Crippen molar-refractivity contribution in [2.45, 2.75) is 30.4 Å². The molecule has 0 aromatic rings. The van der Waals surface area contributed by atoms with Gasteiger partial charge in [0.1, 0.15) is 0 Å². The molecule has 2 aliphatic rings. The summed E-state index contributed by atoms with van der Waals surface area (Å²) in [6.07, 6.45) is 7.20. The molecule has 6 heteroatoms. The molecule has 1 aliphatic carbocycles. The summed E-state index contributed by atoms with van der Waals surface area (Å²) in [6.45, 7) is 3.81. The van der Waals surface area contributed by atoms with E-state index in [-0.39, 0.29) is 24.0 Å². The third kappa shape index (κ3) is 5.67. The van der Waals surface area contributed by atoms with Gasteiger partial charge in [0.15, 0.2) is 5.96 Å². The number of rotatable bonds is 5. The van der Waals surface area contributed by atoms with E-state index in [0.717, 1.165) is 51.0 Å². The van der Waals surface area contributed by atoms with Gasteiger partial charge < -0.3 is 15.4 Å². The van der Waals surface area contributed by atoms with Crippen LogP contribution in [-0.4, -0.2) is 50.3 Å². The number of hydrogen-bond acceptors (Lipinski definition) is 3. The Morgan fingerprint density at radius 1 is 1.32 bits per heavy atom. The molecule has 0 spiro atoms. The third-order valence-electron chi connectivity index (χ3n) is 3.89. The van der Waals surface area contributed by atoms with Crippen LogP contribution in [0.15, 0.2) is 4.99 Å². The Balaban J connectivity index is 0.00000180. The van der Waals surface area contributed by atoms with Crippen LogP contribution in [0.4, 0.5) is 0 Å². The van der Waals surface area contributed by atoms with Gasteiger partial charge in [0.2, 0.25) is 0 Å². The van der Waals surface area contributed by atoms with E-state index in [9.17, 15) is 0 Å². The van der Waals surface area contributed by atoms with Crippen molar-refractivity contribution in [2.75, 3.05) is 39.6 Å². The summed E-state index contributed by atoms with van der Waals surface area (Å²) in [5, 5.41) is 6.89. The van der Waals surface area contributed by atoms with Crippen molar-refractivity contribution in [1.29, 1.82) is 0 Å². The summed E-state index contributed by atoms with van der Waals surface area (Å²) >= 11 is 1.96. The second-order valence-electron chi connectivity index (χ2n) is 5.25. The minimum Gasteiger partial charge on any atom is -0.381 e. The molecule has 1 saturated carbocycles. The number of thioether (sulfide) groups is 1. The van der Waals surface area contributed by atoms with E-state index in [0.29, 0.717) is 4.75 Å². The molecular weight excluding hydrogens is 373 g/mol. The molecule has 0 aromatic heterocycles. The Kier molecular flexibility index (Phi) is 7.83. The second-order valence-corrected chi connectivity index (χ2v) is 6.52. The average molecular weight is 399 g/mol. The summed E-state index contributed by atoms with van der Waals surface area (Å²) in [5.74, 6) is 1.82. The van der Waals surface area contributed by atoms with Crippen molar-refractivity contribution >= 4 is 41.7 Å². The van der Waals surface area contributed by atoms with Gasteiger partial charge in [-0.2, -0.15) is 11.8 Å². The second kappa shape index (κ2) is 8.56. The summed E-state index contributed by atoms with van der Waals surface area (Å²) in [5.41, 5.74) is 0. The number of aliphatic imine (C=N–C) groups is 1. The molecule has 2 fully saturated rings. The summed E-state index contributed by atoms with van der Waals surface area (Å²) in [7, 11) is 1.85. The van der Waals surface area contributed by atoms with Gasteiger partial charge >= 0.3 is 0 Å². The molecule has 112 valence electrons. The zero-order valence-electron chi connectivity index (χ0n) is 11.9. The molecule has 0 unspecified atom stereocenters. The average Bonchev–Trinajstić information content (AvgIpc) is 3.24. The molecule has 2 N–H and O–H groups in total. The maximum Gasteiger partial charge on any atom is 0.191 e. The Morgan fingerprint density at radius 2 is 2.00 bits per heavy atom.